The number of hydrogen-bond acceptors (Lipinski definition) is 7. The van der Waals surface area contributed by atoms with Gasteiger partial charge in [-0.3, -0.25) is 4.79 Å². The van der Waals surface area contributed by atoms with Gasteiger partial charge < -0.3 is 24.3 Å². The Labute approximate surface area is 186 Å². The first-order valence-corrected chi connectivity index (χ1v) is 10.5. The summed E-state index contributed by atoms with van der Waals surface area (Å²) in [6, 6.07) is 11.0. The summed E-state index contributed by atoms with van der Waals surface area (Å²) in [6.07, 6.45) is 1.75. The zero-order valence-electron chi connectivity index (χ0n) is 15.7. The van der Waals surface area contributed by atoms with Gasteiger partial charge in [0.05, 0.1) is 23.6 Å². The molecule has 2 aromatic rings. The summed E-state index contributed by atoms with van der Waals surface area (Å²) in [5.74, 6) is 2.40. The van der Waals surface area contributed by atoms with Gasteiger partial charge >= 0.3 is 0 Å². The summed E-state index contributed by atoms with van der Waals surface area (Å²) in [5.41, 5.74) is 0.790. The van der Waals surface area contributed by atoms with Gasteiger partial charge in [0.1, 0.15) is 29.0 Å². The number of hydrogen-bond donors (Lipinski definition) is 1. The molecule has 0 spiro atoms. The van der Waals surface area contributed by atoms with Gasteiger partial charge in [-0.15, -0.1) is 0 Å². The highest BCUT2D eigenvalue weighted by Gasteiger charge is 2.22. The highest BCUT2D eigenvalue weighted by Crippen LogP contribution is 2.38. The van der Waals surface area contributed by atoms with Crippen molar-refractivity contribution in [3.63, 3.8) is 0 Å². The third-order valence-electron chi connectivity index (χ3n) is 3.85. The Balaban J connectivity index is 1.64. The predicted molar refractivity (Wildman–Crippen MR) is 121 cm³/mol. The van der Waals surface area contributed by atoms with Crippen molar-refractivity contribution >= 4 is 56.2 Å². The van der Waals surface area contributed by atoms with Crippen molar-refractivity contribution < 1.29 is 23.7 Å². The second-order valence-corrected chi connectivity index (χ2v) is 8.33. The van der Waals surface area contributed by atoms with E-state index in [4.69, 9.17) is 31.2 Å². The van der Waals surface area contributed by atoms with Crippen LogP contribution >= 0.6 is 39.9 Å². The van der Waals surface area contributed by atoms with Crippen LogP contribution in [-0.2, 0) is 4.79 Å². The van der Waals surface area contributed by atoms with Crippen LogP contribution in [0.1, 0.15) is 5.56 Å². The average Bonchev–Trinajstić information content (AvgIpc) is 3.03. The van der Waals surface area contributed by atoms with E-state index in [1.807, 2.05) is 30.3 Å². The molecule has 3 rings (SSSR count). The summed E-state index contributed by atoms with van der Waals surface area (Å²) in [7, 11) is 3.18. The van der Waals surface area contributed by atoms with Crippen molar-refractivity contribution in [1.82, 2.24) is 5.32 Å². The molecule has 1 saturated heterocycles. The maximum absolute atomic E-state index is 11.8. The van der Waals surface area contributed by atoms with E-state index in [-0.39, 0.29) is 5.91 Å². The van der Waals surface area contributed by atoms with E-state index in [1.54, 1.807) is 26.4 Å². The van der Waals surface area contributed by atoms with Crippen LogP contribution in [0.3, 0.4) is 0 Å². The Morgan fingerprint density at radius 1 is 1.07 bits per heavy atom. The van der Waals surface area contributed by atoms with Gasteiger partial charge in [-0.2, -0.15) is 0 Å². The lowest BCUT2D eigenvalue weighted by atomic mass is 10.2. The fourth-order valence-corrected chi connectivity index (χ4v) is 4.13. The standard InChI is InChI=1S/C20H18BrNO5S2/c1-24-13-3-5-14(6-4-13)26-7-8-27-18-15(21)9-12(10-16(18)25-2)11-17-19(23)22-20(28)29-17/h3-6,9-11H,7-8H2,1-2H3,(H,22,23,28). The Bertz CT molecular complexity index is 947. The molecule has 0 radical (unpaired) electrons. The van der Waals surface area contributed by atoms with Crippen molar-refractivity contribution in [2.75, 3.05) is 27.4 Å². The van der Waals surface area contributed by atoms with Crippen LogP contribution in [-0.4, -0.2) is 37.7 Å². The number of nitrogens with one attached hydrogen (secondary N) is 1. The van der Waals surface area contributed by atoms with Crippen LogP contribution in [0.15, 0.2) is 45.8 Å². The molecule has 9 heteroatoms. The molecule has 0 bridgehead atoms. The molecule has 1 heterocycles. The molecular weight excluding hydrogens is 478 g/mol. The third kappa shape index (κ3) is 5.65. The number of thiocarbonyl (C=S) groups is 1. The van der Waals surface area contributed by atoms with Gasteiger partial charge in [0.2, 0.25) is 0 Å². The quantitative estimate of drug-likeness (QED) is 0.330. The van der Waals surface area contributed by atoms with Crippen molar-refractivity contribution in [3.05, 3.63) is 51.3 Å². The SMILES string of the molecule is COc1ccc(OCCOc2c(Br)cc(C=C3SC(=S)NC3=O)cc2OC)cc1. The van der Waals surface area contributed by atoms with E-state index < -0.39 is 0 Å². The summed E-state index contributed by atoms with van der Waals surface area (Å²) in [5, 5.41) is 2.59. The number of ether oxygens (including phenoxy) is 4. The molecule has 6 nitrogen and oxygen atoms in total. The molecule has 0 aliphatic carbocycles. The van der Waals surface area contributed by atoms with Crippen LogP contribution in [0, 0.1) is 0 Å². The smallest absolute Gasteiger partial charge is 0.263 e. The zero-order chi connectivity index (χ0) is 20.8. The number of methoxy groups -OCH3 is 2. The van der Waals surface area contributed by atoms with Gasteiger partial charge in [-0.05, 0) is 64.0 Å². The van der Waals surface area contributed by atoms with E-state index in [2.05, 4.69) is 21.2 Å². The molecule has 1 N–H and O–H groups in total. The normalized spacial score (nSPS) is 14.7. The van der Waals surface area contributed by atoms with Crippen LogP contribution < -0.4 is 24.3 Å². The highest BCUT2D eigenvalue weighted by molar-refractivity contribution is 9.10. The number of rotatable bonds is 8. The lowest BCUT2D eigenvalue weighted by molar-refractivity contribution is -0.115. The Morgan fingerprint density at radius 3 is 2.38 bits per heavy atom. The van der Waals surface area contributed by atoms with Crippen molar-refractivity contribution in [3.8, 4) is 23.0 Å². The predicted octanol–water partition coefficient (Wildman–Crippen LogP) is 4.41. The summed E-state index contributed by atoms with van der Waals surface area (Å²) in [4.78, 5) is 12.4. The molecular formula is C20H18BrNO5S2. The maximum atomic E-state index is 11.8. The fraction of sp³-hybridized carbons (Fsp3) is 0.200. The summed E-state index contributed by atoms with van der Waals surface area (Å²) < 4.78 is 23.2. The topological polar surface area (TPSA) is 66.0 Å². The Morgan fingerprint density at radius 2 is 1.76 bits per heavy atom. The van der Waals surface area contributed by atoms with Gasteiger partial charge in [0, 0.05) is 0 Å². The van der Waals surface area contributed by atoms with Crippen LogP contribution in [0.4, 0.5) is 0 Å². The number of benzene rings is 2. The monoisotopic (exact) mass is 495 g/mol. The number of carbonyl (C=O) groups is 1. The zero-order valence-corrected chi connectivity index (χ0v) is 18.9. The van der Waals surface area contributed by atoms with Gasteiger partial charge in [0.25, 0.3) is 5.91 Å². The number of halogens is 1. The minimum absolute atomic E-state index is 0.203. The molecule has 0 aromatic heterocycles. The van der Waals surface area contributed by atoms with Gasteiger partial charge in [-0.1, -0.05) is 24.0 Å². The van der Waals surface area contributed by atoms with Crippen LogP contribution in [0.25, 0.3) is 6.08 Å². The Kier molecular flexibility index (Phi) is 7.40. The first kappa shape index (κ1) is 21.5. The molecule has 0 unspecified atom stereocenters. The van der Waals surface area contributed by atoms with Crippen LogP contribution in [0.2, 0.25) is 0 Å². The first-order chi connectivity index (χ1) is 14.0. The lowest BCUT2D eigenvalue weighted by Crippen LogP contribution is -2.17. The molecule has 152 valence electrons. The number of amides is 1. The number of thioether (sulfide) groups is 1. The van der Waals surface area contributed by atoms with E-state index in [1.165, 1.54) is 11.8 Å². The fourth-order valence-electron chi connectivity index (χ4n) is 2.51. The third-order valence-corrected chi connectivity index (χ3v) is 5.60. The maximum Gasteiger partial charge on any atom is 0.263 e. The van der Waals surface area contributed by atoms with Crippen molar-refractivity contribution in [2.24, 2.45) is 0 Å². The highest BCUT2D eigenvalue weighted by atomic mass is 79.9. The van der Waals surface area contributed by atoms with E-state index in [0.717, 1.165) is 17.1 Å². The van der Waals surface area contributed by atoms with Crippen LogP contribution in [0.5, 0.6) is 23.0 Å². The van der Waals surface area contributed by atoms with Gasteiger partial charge in [-0.25, -0.2) is 0 Å². The molecule has 1 fully saturated rings. The lowest BCUT2D eigenvalue weighted by Gasteiger charge is -2.14. The molecule has 1 aliphatic rings. The van der Waals surface area contributed by atoms with Crippen molar-refractivity contribution in [1.29, 1.82) is 0 Å². The van der Waals surface area contributed by atoms with Gasteiger partial charge in [0.15, 0.2) is 11.5 Å². The second-order valence-electron chi connectivity index (χ2n) is 5.76. The summed E-state index contributed by atoms with van der Waals surface area (Å²) >= 11 is 9.74. The Hall–Kier alpha value is -2.23. The molecule has 1 aliphatic heterocycles. The second kappa shape index (κ2) is 10.00. The van der Waals surface area contributed by atoms with E-state index >= 15 is 0 Å². The molecule has 0 atom stereocenters. The largest absolute Gasteiger partial charge is 0.497 e. The molecule has 2 aromatic carbocycles. The van der Waals surface area contributed by atoms with E-state index in [0.29, 0.717) is 38.4 Å². The number of carbonyl (C=O) groups excluding carboxylic acids is 1. The molecule has 0 saturated carbocycles. The average molecular weight is 496 g/mol. The minimum atomic E-state index is -0.203. The first-order valence-electron chi connectivity index (χ1n) is 8.52. The molecule has 1 amide bonds. The minimum Gasteiger partial charge on any atom is -0.497 e. The van der Waals surface area contributed by atoms with Crippen molar-refractivity contribution in [2.45, 2.75) is 0 Å². The summed E-state index contributed by atoms with van der Waals surface area (Å²) in [6.45, 7) is 0.690. The molecule has 29 heavy (non-hydrogen) atoms. The van der Waals surface area contributed by atoms with E-state index in [9.17, 15) is 4.79 Å².